The average molecular weight is 368 g/mol. The molecule has 1 N–H and O–H groups in total. The smallest absolute Gasteiger partial charge is 0.338 e. The van der Waals surface area contributed by atoms with Gasteiger partial charge in [-0.05, 0) is 61.1 Å². The molecule has 27 heavy (non-hydrogen) atoms. The molecule has 1 aromatic carbocycles. The molecular weight excluding hydrogens is 340 g/mol. The topological polar surface area (TPSA) is 68.3 Å². The Labute approximate surface area is 161 Å². The van der Waals surface area contributed by atoms with Crippen molar-refractivity contribution in [2.24, 2.45) is 0 Å². The maximum Gasteiger partial charge on any atom is 0.338 e. The summed E-state index contributed by atoms with van der Waals surface area (Å²) in [5.74, 6) is -0.630. The van der Waals surface area contributed by atoms with Crippen LogP contribution in [0.4, 0.5) is 0 Å². The van der Waals surface area contributed by atoms with Crippen molar-refractivity contribution in [3.63, 3.8) is 0 Å². The molecule has 5 heteroatoms. The second-order valence-corrected chi connectivity index (χ2v) is 7.43. The van der Waals surface area contributed by atoms with Crippen molar-refractivity contribution < 1.29 is 14.3 Å². The number of esters is 1. The fourth-order valence-electron chi connectivity index (χ4n) is 2.87. The number of hydrogen-bond acceptors (Lipinski definition) is 4. The van der Waals surface area contributed by atoms with E-state index in [2.05, 4.69) is 31.1 Å². The van der Waals surface area contributed by atoms with E-state index in [1.165, 1.54) is 11.8 Å². The predicted octanol–water partition coefficient (Wildman–Crippen LogP) is 4.05. The average Bonchev–Trinajstić information content (AvgIpc) is 2.66. The van der Waals surface area contributed by atoms with Gasteiger partial charge in [0.2, 0.25) is 0 Å². The lowest BCUT2D eigenvalue weighted by molar-refractivity contribution is 0.0337. The van der Waals surface area contributed by atoms with E-state index in [1.807, 2.05) is 25.1 Å². The number of aromatic nitrogens is 1. The molecule has 1 aromatic heterocycles. The molecule has 1 unspecified atom stereocenters. The van der Waals surface area contributed by atoms with Gasteiger partial charge in [0, 0.05) is 12.4 Å². The highest BCUT2D eigenvalue weighted by Crippen LogP contribution is 2.30. The van der Waals surface area contributed by atoms with Gasteiger partial charge in [0.1, 0.15) is 6.10 Å². The standard InChI is InChI=1S/C22H28N2O3/c1-6-22(4,5)19-10-9-17(12-15(19)2)21(26)27-16(3)13-24-20(25)18-8-7-11-23-14-18/h7-12,14,16H,6,13H2,1-5H3,(H,24,25). The number of amides is 1. The zero-order valence-corrected chi connectivity index (χ0v) is 16.7. The number of nitrogens with one attached hydrogen (secondary N) is 1. The van der Waals surface area contributed by atoms with Gasteiger partial charge in [-0.15, -0.1) is 0 Å². The van der Waals surface area contributed by atoms with E-state index < -0.39 is 6.10 Å². The lowest BCUT2D eigenvalue weighted by Crippen LogP contribution is -2.33. The molecule has 0 aliphatic carbocycles. The summed E-state index contributed by atoms with van der Waals surface area (Å²) < 4.78 is 5.46. The molecule has 2 aromatic rings. The fraction of sp³-hybridized carbons (Fsp3) is 0.409. The van der Waals surface area contributed by atoms with Crippen LogP contribution in [0.15, 0.2) is 42.7 Å². The number of nitrogens with zero attached hydrogens (tertiary/aromatic N) is 1. The largest absolute Gasteiger partial charge is 0.457 e. The van der Waals surface area contributed by atoms with Crippen LogP contribution in [-0.4, -0.2) is 29.5 Å². The highest BCUT2D eigenvalue weighted by molar-refractivity contribution is 5.94. The van der Waals surface area contributed by atoms with Gasteiger partial charge in [-0.2, -0.15) is 0 Å². The van der Waals surface area contributed by atoms with Crippen LogP contribution in [0.25, 0.3) is 0 Å². The number of hydrogen-bond donors (Lipinski definition) is 1. The normalized spacial score (nSPS) is 12.3. The quantitative estimate of drug-likeness (QED) is 0.749. The van der Waals surface area contributed by atoms with Crippen LogP contribution in [-0.2, 0) is 10.2 Å². The molecule has 0 aliphatic rings. The van der Waals surface area contributed by atoms with Crippen LogP contribution >= 0.6 is 0 Å². The molecule has 0 saturated carbocycles. The van der Waals surface area contributed by atoms with E-state index in [0.29, 0.717) is 11.1 Å². The third kappa shape index (κ3) is 5.39. The third-order valence-corrected chi connectivity index (χ3v) is 4.86. The molecule has 0 fully saturated rings. The fourth-order valence-corrected chi connectivity index (χ4v) is 2.87. The Balaban J connectivity index is 1.94. The number of ether oxygens (including phenoxy) is 1. The minimum absolute atomic E-state index is 0.0659. The van der Waals surface area contributed by atoms with E-state index in [1.54, 1.807) is 25.3 Å². The monoisotopic (exact) mass is 368 g/mol. The van der Waals surface area contributed by atoms with Crippen molar-refractivity contribution in [2.75, 3.05) is 6.54 Å². The predicted molar refractivity (Wildman–Crippen MR) is 106 cm³/mol. The van der Waals surface area contributed by atoms with Gasteiger partial charge in [0.25, 0.3) is 5.91 Å². The van der Waals surface area contributed by atoms with E-state index in [-0.39, 0.29) is 23.8 Å². The highest BCUT2D eigenvalue weighted by atomic mass is 16.5. The molecule has 0 bridgehead atoms. The Kier molecular flexibility index (Phi) is 6.72. The molecule has 0 saturated heterocycles. The molecule has 0 aliphatic heterocycles. The summed E-state index contributed by atoms with van der Waals surface area (Å²) in [5.41, 5.74) is 3.37. The second-order valence-electron chi connectivity index (χ2n) is 7.43. The van der Waals surface area contributed by atoms with Gasteiger partial charge in [0.05, 0.1) is 17.7 Å². The molecule has 1 amide bonds. The Bertz CT molecular complexity index is 800. The SMILES string of the molecule is CCC(C)(C)c1ccc(C(=O)OC(C)CNC(=O)c2cccnc2)cc1C. The summed E-state index contributed by atoms with van der Waals surface area (Å²) in [6.07, 6.45) is 3.68. The molecule has 0 radical (unpaired) electrons. The van der Waals surface area contributed by atoms with Crippen LogP contribution in [0.1, 0.15) is 66.0 Å². The number of rotatable bonds is 7. The van der Waals surface area contributed by atoms with Crippen LogP contribution in [0.3, 0.4) is 0 Å². The Hall–Kier alpha value is -2.69. The molecule has 1 heterocycles. The van der Waals surface area contributed by atoms with Crippen molar-refractivity contribution in [1.82, 2.24) is 10.3 Å². The van der Waals surface area contributed by atoms with Crippen LogP contribution in [0.2, 0.25) is 0 Å². The van der Waals surface area contributed by atoms with Crippen LogP contribution < -0.4 is 5.32 Å². The summed E-state index contributed by atoms with van der Waals surface area (Å²) in [7, 11) is 0. The van der Waals surface area contributed by atoms with E-state index in [4.69, 9.17) is 4.74 Å². The molecular formula is C22H28N2O3. The van der Waals surface area contributed by atoms with E-state index in [0.717, 1.165) is 12.0 Å². The molecule has 2 rings (SSSR count). The second kappa shape index (κ2) is 8.80. The van der Waals surface area contributed by atoms with Crippen molar-refractivity contribution >= 4 is 11.9 Å². The summed E-state index contributed by atoms with van der Waals surface area (Å²) in [4.78, 5) is 28.3. The molecule has 1 atom stereocenters. The number of benzene rings is 1. The van der Waals surface area contributed by atoms with Gasteiger partial charge >= 0.3 is 5.97 Å². The van der Waals surface area contributed by atoms with Gasteiger partial charge in [-0.25, -0.2) is 4.79 Å². The highest BCUT2D eigenvalue weighted by Gasteiger charge is 2.21. The summed E-state index contributed by atoms with van der Waals surface area (Å²) in [6.45, 7) is 10.5. The van der Waals surface area contributed by atoms with E-state index >= 15 is 0 Å². The van der Waals surface area contributed by atoms with Crippen molar-refractivity contribution in [2.45, 2.75) is 52.6 Å². The Morgan fingerprint density at radius 3 is 2.56 bits per heavy atom. The molecule has 0 spiro atoms. The van der Waals surface area contributed by atoms with Crippen molar-refractivity contribution in [3.05, 3.63) is 65.0 Å². The minimum atomic E-state index is -0.440. The first-order valence-corrected chi connectivity index (χ1v) is 9.25. The lowest BCUT2D eigenvalue weighted by atomic mass is 9.79. The summed E-state index contributed by atoms with van der Waals surface area (Å²) in [6, 6.07) is 9.06. The van der Waals surface area contributed by atoms with Crippen LogP contribution in [0.5, 0.6) is 0 Å². The molecule has 144 valence electrons. The van der Waals surface area contributed by atoms with Gasteiger partial charge in [0.15, 0.2) is 0 Å². The first kappa shape index (κ1) is 20.6. The molecule has 5 nitrogen and oxygen atoms in total. The first-order chi connectivity index (χ1) is 12.7. The lowest BCUT2D eigenvalue weighted by Gasteiger charge is -2.25. The van der Waals surface area contributed by atoms with E-state index in [9.17, 15) is 9.59 Å². The maximum absolute atomic E-state index is 12.4. The van der Waals surface area contributed by atoms with Crippen molar-refractivity contribution in [3.8, 4) is 0 Å². The zero-order valence-electron chi connectivity index (χ0n) is 16.7. The number of aryl methyl sites for hydroxylation is 1. The van der Waals surface area contributed by atoms with Gasteiger partial charge in [-0.3, -0.25) is 9.78 Å². The summed E-state index contributed by atoms with van der Waals surface area (Å²) >= 11 is 0. The first-order valence-electron chi connectivity index (χ1n) is 9.25. The number of carbonyl (C=O) groups is 2. The minimum Gasteiger partial charge on any atom is -0.457 e. The van der Waals surface area contributed by atoms with Crippen molar-refractivity contribution in [1.29, 1.82) is 0 Å². The van der Waals surface area contributed by atoms with Crippen LogP contribution in [0, 0.1) is 6.92 Å². The Morgan fingerprint density at radius 1 is 1.22 bits per heavy atom. The number of carbonyl (C=O) groups excluding carboxylic acids is 2. The zero-order chi connectivity index (χ0) is 20.0. The number of pyridine rings is 1. The third-order valence-electron chi connectivity index (χ3n) is 4.86. The van der Waals surface area contributed by atoms with Gasteiger partial charge < -0.3 is 10.1 Å². The Morgan fingerprint density at radius 2 is 1.96 bits per heavy atom. The maximum atomic E-state index is 12.4. The summed E-state index contributed by atoms with van der Waals surface area (Å²) in [5, 5.41) is 2.75. The van der Waals surface area contributed by atoms with Gasteiger partial charge in [-0.1, -0.05) is 26.8 Å².